The molecule has 0 bridgehead atoms. The van der Waals surface area contributed by atoms with E-state index in [0.29, 0.717) is 22.8 Å². The molecular formula is C23H19N3O4. The number of nitrogens with zero attached hydrogens (tertiary/aromatic N) is 2. The molecule has 150 valence electrons. The number of nitrogens with one attached hydrogen (secondary N) is 1. The summed E-state index contributed by atoms with van der Waals surface area (Å²) in [4.78, 5) is 23.1. The van der Waals surface area contributed by atoms with E-state index < -0.39 is 10.8 Å². The van der Waals surface area contributed by atoms with Crippen molar-refractivity contribution in [2.75, 3.05) is 5.32 Å². The summed E-state index contributed by atoms with van der Waals surface area (Å²) in [7, 11) is 0. The van der Waals surface area contributed by atoms with Gasteiger partial charge in [-0.15, -0.1) is 0 Å². The number of aryl methyl sites for hydroxylation is 3. The first-order valence-electron chi connectivity index (χ1n) is 9.14. The summed E-state index contributed by atoms with van der Waals surface area (Å²) in [5.74, 6) is 0.161. The van der Waals surface area contributed by atoms with Gasteiger partial charge in [-0.3, -0.25) is 14.9 Å². The molecule has 7 heteroatoms. The van der Waals surface area contributed by atoms with Crippen LogP contribution in [0.2, 0.25) is 0 Å². The van der Waals surface area contributed by atoms with Gasteiger partial charge in [-0.1, -0.05) is 18.2 Å². The number of hydrogen-bond acceptors (Lipinski definition) is 5. The molecule has 0 saturated heterocycles. The van der Waals surface area contributed by atoms with Gasteiger partial charge in [0.15, 0.2) is 0 Å². The Morgan fingerprint density at radius 3 is 2.53 bits per heavy atom. The summed E-state index contributed by atoms with van der Waals surface area (Å²) in [6.45, 7) is 5.59. The van der Waals surface area contributed by atoms with Crippen LogP contribution < -0.4 is 5.32 Å². The maximum absolute atomic E-state index is 12.5. The summed E-state index contributed by atoms with van der Waals surface area (Å²) in [6.07, 6.45) is 1.34. The third kappa shape index (κ3) is 4.45. The van der Waals surface area contributed by atoms with Crippen LogP contribution in [-0.2, 0) is 4.79 Å². The van der Waals surface area contributed by atoms with Gasteiger partial charge in [0.1, 0.15) is 23.2 Å². The van der Waals surface area contributed by atoms with Crippen LogP contribution in [0.15, 0.2) is 58.5 Å². The molecule has 0 atom stereocenters. The van der Waals surface area contributed by atoms with Crippen molar-refractivity contribution < 1.29 is 14.1 Å². The van der Waals surface area contributed by atoms with Crippen molar-refractivity contribution in [3.05, 3.63) is 86.7 Å². The van der Waals surface area contributed by atoms with E-state index in [-0.39, 0.29) is 11.3 Å². The number of rotatable bonds is 5. The number of nitro groups is 1. The lowest BCUT2D eigenvalue weighted by Gasteiger charge is -2.08. The molecule has 0 aliphatic carbocycles. The summed E-state index contributed by atoms with van der Waals surface area (Å²) >= 11 is 0. The molecule has 0 aliphatic rings. The zero-order valence-electron chi connectivity index (χ0n) is 16.7. The molecule has 1 amide bonds. The summed E-state index contributed by atoms with van der Waals surface area (Å²) in [5, 5.41) is 23.2. The quantitative estimate of drug-likeness (QED) is 0.269. The van der Waals surface area contributed by atoms with Crippen molar-refractivity contribution >= 4 is 23.4 Å². The Labute approximate surface area is 173 Å². The molecule has 0 aliphatic heterocycles. The number of carbonyl (C=O) groups excluding carboxylic acids is 1. The Morgan fingerprint density at radius 1 is 1.10 bits per heavy atom. The highest BCUT2D eigenvalue weighted by Gasteiger charge is 2.15. The number of carbonyl (C=O) groups is 1. The minimum atomic E-state index is -0.546. The van der Waals surface area contributed by atoms with Crippen molar-refractivity contribution in [1.82, 2.24) is 0 Å². The topological polar surface area (TPSA) is 109 Å². The number of nitriles is 1. The summed E-state index contributed by atoms with van der Waals surface area (Å²) in [5.41, 5.74) is 3.71. The van der Waals surface area contributed by atoms with E-state index in [2.05, 4.69) is 5.32 Å². The molecule has 1 N–H and O–H groups in total. The number of amides is 1. The van der Waals surface area contributed by atoms with Crippen molar-refractivity contribution in [2.45, 2.75) is 20.8 Å². The Kier molecular flexibility index (Phi) is 5.79. The summed E-state index contributed by atoms with van der Waals surface area (Å²) < 4.78 is 5.73. The minimum Gasteiger partial charge on any atom is -0.457 e. The van der Waals surface area contributed by atoms with Crippen LogP contribution in [-0.4, -0.2) is 10.8 Å². The van der Waals surface area contributed by atoms with E-state index in [1.165, 1.54) is 18.2 Å². The van der Waals surface area contributed by atoms with Crippen LogP contribution in [0.5, 0.6) is 0 Å². The fourth-order valence-corrected chi connectivity index (χ4v) is 2.92. The summed E-state index contributed by atoms with van der Waals surface area (Å²) in [6, 6.07) is 15.3. The highest BCUT2D eigenvalue weighted by molar-refractivity contribution is 6.09. The van der Waals surface area contributed by atoms with Crippen molar-refractivity contribution in [2.24, 2.45) is 0 Å². The largest absolute Gasteiger partial charge is 0.457 e. The van der Waals surface area contributed by atoms with Crippen LogP contribution >= 0.6 is 0 Å². The molecule has 7 nitrogen and oxygen atoms in total. The molecule has 0 saturated carbocycles. The van der Waals surface area contributed by atoms with Crippen LogP contribution in [0.3, 0.4) is 0 Å². The van der Waals surface area contributed by atoms with Gasteiger partial charge in [-0.2, -0.15) is 5.26 Å². The molecule has 1 aromatic heterocycles. The molecule has 0 radical (unpaired) electrons. The number of benzene rings is 2. The second-order valence-electron chi connectivity index (χ2n) is 6.90. The van der Waals surface area contributed by atoms with Gasteiger partial charge < -0.3 is 9.73 Å². The van der Waals surface area contributed by atoms with Crippen LogP contribution in [0.4, 0.5) is 11.4 Å². The smallest absolute Gasteiger partial charge is 0.270 e. The Hall–Kier alpha value is -4.18. The standard InChI is InChI=1S/C23H19N3O4/c1-14-4-5-16(3)21(10-14)25-23(27)17(13-24)11-19-8-9-22(30-19)20-12-18(26(28)29)7-6-15(20)2/h4-12H,1-3H3,(H,25,27)/b17-11+. The number of anilines is 1. The van der Waals surface area contributed by atoms with E-state index in [1.54, 1.807) is 18.2 Å². The van der Waals surface area contributed by atoms with E-state index in [1.807, 2.05) is 45.0 Å². The zero-order valence-corrected chi connectivity index (χ0v) is 16.7. The van der Waals surface area contributed by atoms with Crippen LogP contribution in [0, 0.1) is 42.2 Å². The molecule has 2 aromatic carbocycles. The molecule has 3 aromatic rings. The fraction of sp³-hybridized carbons (Fsp3) is 0.130. The third-order valence-corrected chi connectivity index (χ3v) is 4.62. The molecule has 0 spiro atoms. The van der Waals surface area contributed by atoms with Crippen molar-refractivity contribution in [3.8, 4) is 17.4 Å². The van der Waals surface area contributed by atoms with E-state index >= 15 is 0 Å². The van der Waals surface area contributed by atoms with Crippen molar-refractivity contribution in [1.29, 1.82) is 5.26 Å². The first-order valence-corrected chi connectivity index (χ1v) is 9.14. The van der Waals surface area contributed by atoms with Gasteiger partial charge in [-0.25, -0.2) is 0 Å². The number of non-ortho nitro benzene ring substituents is 1. The lowest BCUT2D eigenvalue weighted by atomic mass is 10.1. The highest BCUT2D eigenvalue weighted by atomic mass is 16.6. The Bertz CT molecular complexity index is 1220. The molecule has 0 unspecified atom stereocenters. The number of nitro benzene ring substituents is 1. The molecular weight excluding hydrogens is 382 g/mol. The first kappa shape index (κ1) is 20.6. The SMILES string of the molecule is Cc1ccc(C)c(NC(=O)/C(C#N)=C/c2ccc(-c3cc([N+](=O)[O-])ccc3C)o2)c1. The number of furan rings is 1. The molecule has 30 heavy (non-hydrogen) atoms. The lowest BCUT2D eigenvalue weighted by Crippen LogP contribution is -2.14. The van der Waals surface area contributed by atoms with Gasteiger partial charge in [0.25, 0.3) is 11.6 Å². The van der Waals surface area contributed by atoms with Crippen LogP contribution in [0.25, 0.3) is 17.4 Å². The first-order chi connectivity index (χ1) is 14.3. The van der Waals surface area contributed by atoms with Gasteiger partial charge in [0.2, 0.25) is 0 Å². The predicted molar refractivity (Wildman–Crippen MR) is 114 cm³/mol. The number of hydrogen-bond donors (Lipinski definition) is 1. The van der Waals surface area contributed by atoms with Gasteiger partial charge in [0.05, 0.1) is 4.92 Å². The van der Waals surface area contributed by atoms with E-state index in [4.69, 9.17) is 4.42 Å². The van der Waals surface area contributed by atoms with E-state index in [9.17, 15) is 20.2 Å². The average molecular weight is 401 g/mol. The zero-order chi connectivity index (χ0) is 21.8. The van der Waals surface area contributed by atoms with Gasteiger partial charge >= 0.3 is 0 Å². The second-order valence-corrected chi connectivity index (χ2v) is 6.90. The molecule has 0 fully saturated rings. The maximum atomic E-state index is 12.5. The average Bonchev–Trinajstić information content (AvgIpc) is 3.17. The lowest BCUT2D eigenvalue weighted by molar-refractivity contribution is -0.384. The van der Waals surface area contributed by atoms with Gasteiger partial charge in [0, 0.05) is 29.5 Å². The van der Waals surface area contributed by atoms with Gasteiger partial charge in [-0.05, 0) is 55.7 Å². The Balaban J connectivity index is 1.88. The monoisotopic (exact) mass is 401 g/mol. The maximum Gasteiger partial charge on any atom is 0.270 e. The third-order valence-electron chi connectivity index (χ3n) is 4.62. The molecule has 3 rings (SSSR count). The van der Waals surface area contributed by atoms with Crippen LogP contribution in [0.1, 0.15) is 22.5 Å². The normalized spacial score (nSPS) is 11.1. The predicted octanol–water partition coefficient (Wildman–Crippen LogP) is 5.33. The Morgan fingerprint density at radius 2 is 1.83 bits per heavy atom. The minimum absolute atomic E-state index is 0.0466. The fourth-order valence-electron chi connectivity index (χ4n) is 2.92. The second kappa shape index (κ2) is 8.45. The highest BCUT2D eigenvalue weighted by Crippen LogP contribution is 2.30. The van der Waals surface area contributed by atoms with E-state index in [0.717, 1.165) is 16.7 Å². The molecule has 1 heterocycles. The van der Waals surface area contributed by atoms with Crippen molar-refractivity contribution in [3.63, 3.8) is 0 Å².